The van der Waals surface area contributed by atoms with E-state index in [1.165, 1.54) is 0 Å². The van der Waals surface area contributed by atoms with Gasteiger partial charge in [-0.25, -0.2) is 0 Å². The first kappa shape index (κ1) is 13.7. The van der Waals surface area contributed by atoms with E-state index >= 15 is 0 Å². The van der Waals surface area contributed by atoms with E-state index in [9.17, 15) is 4.79 Å². The van der Waals surface area contributed by atoms with Gasteiger partial charge in [0, 0.05) is 18.2 Å². The number of nitrogen functional groups attached to an aromatic ring is 1. The third kappa shape index (κ3) is 4.16. The van der Waals surface area contributed by atoms with Crippen LogP contribution in [0.25, 0.3) is 0 Å². The summed E-state index contributed by atoms with van der Waals surface area (Å²) in [5.74, 6) is 0.639. The highest BCUT2D eigenvalue weighted by molar-refractivity contribution is 5.96. The molecule has 0 aromatic heterocycles. The van der Waals surface area contributed by atoms with E-state index in [2.05, 4.69) is 24.5 Å². The van der Waals surface area contributed by atoms with E-state index in [-0.39, 0.29) is 5.91 Å². The molecule has 0 aliphatic heterocycles. The molecule has 0 bridgehead atoms. The van der Waals surface area contributed by atoms with Crippen LogP contribution in [0.4, 0.5) is 11.4 Å². The summed E-state index contributed by atoms with van der Waals surface area (Å²) in [6.45, 7) is 5.28. The molecule has 0 radical (unpaired) electrons. The molecule has 1 amide bonds. The Kier molecular flexibility index (Phi) is 4.30. The van der Waals surface area contributed by atoms with Gasteiger partial charge in [-0.05, 0) is 43.4 Å². The van der Waals surface area contributed by atoms with Gasteiger partial charge in [0.05, 0.1) is 11.4 Å². The van der Waals surface area contributed by atoms with Gasteiger partial charge in [-0.1, -0.05) is 13.8 Å². The number of amides is 1. The minimum Gasteiger partial charge on any atom is -0.397 e. The number of carbonyl (C=O) groups is 1. The van der Waals surface area contributed by atoms with Crippen LogP contribution in [0.3, 0.4) is 0 Å². The molecule has 4 heteroatoms. The number of benzene rings is 1. The Morgan fingerprint density at radius 2 is 2.16 bits per heavy atom. The molecule has 1 aromatic carbocycles. The molecule has 0 atom stereocenters. The van der Waals surface area contributed by atoms with Gasteiger partial charge < -0.3 is 16.4 Å². The van der Waals surface area contributed by atoms with E-state index in [0.717, 1.165) is 31.5 Å². The second-order valence-corrected chi connectivity index (χ2v) is 5.66. The molecule has 19 heavy (non-hydrogen) atoms. The molecule has 104 valence electrons. The average Bonchev–Trinajstić information content (AvgIpc) is 3.14. The molecule has 1 fully saturated rings. The molecule has 4 N–H and O–H groups in total. The molecule has 1 aromatic rings. The van der Waals surface area contributed by atoms with Crippen molar-refractivity contribution in [2.24, 2.45) is 5.92 Å². The number of rotatable bonds is 6. The van der Waals surface area contributed by atoms with Crippen LogP contribution in [0.5, 0.6) is 0 Å². The highest BCUT2D eigenvalue weighted by atomic mass is 16.1. The molecule has 1 saturated carbocycles. The number of anilines is 2. The van der Waals surface area contributed by atoms with Crippen LogP contribution < -0.4 is 16.4 Å². The van der Waals surface area contributed by atoms with E-state index in [1.54, 1.807) is 6.07 Å². The van der Waals surface area contributed by atoms with Crippen LogP contribution in [0, 0.1) is 5.92 Å². The van der Waals surface area contributed by atoms with Crippen LogP contribution in [0.15, 0.2) is 18.2 Å². The lowest BCUT2D eigenvalue weighted by atomic mass is 10.1. The van der Waals surface area contributed by atoms with E-state index in [0.29, 0.717) is 23.2 Å². The molecule has 0 unspecified atom stereocenters. The molecular weight excluding hydrogens is 238 g/mol. The van der Waals surface area contributed by atoms with Crippen LogP contribution in [0.1, 0.15) is 43.5 Å². The maximum Gasteiger partial charge on any atom is 0.251 e. The van der Waals surface area contributed by atoms with Gasteiger partial charge in [0.1, 0.15) is 0 Å². The highest BCUT2D eigenvalue weighted by Crippen LogP contribution is 2.22. The third-order valence-electron chi connectivity index (χ3n) is 3.26. The first-order valence-electron chi connectivity index (χ1n) is 7.00. The fraction of sp³-hybridized carbons (Fsp3) is 0.533. The lowest BCUT2D eigenvalue weighted by Crippen LogP contribution is -2.25. The lowest BCUT2D eigenvalue weighted by molar-refractivity contribution is 0.0951. The molecule has 2 rings (SSSR count). The first-order valence-corrected chi connectivity index (χ1v) is 7.00. The fourth-order valence-electron chi connectivity index (χ4n) is 1.86. The number of hydrogen-bond acceptors (Lipinski definition) is 3. The van der Waals surface area contributed by atoms with Crippen LogP contribution in [-0.4, -0.2) is 18.5 Å². The number of carbonyl (C=O) groups excluding carboxylic acids is 1. The maximum absolute atomic E-state index is 11.9. The number of nitrogens with one attached hydrogen (secondary N) is 2. The van der Waals surface area contributed by atoms with Crippen molar-refractivity contribution < 1.29 is 4.79 Å². The Morgan fingerprint density at radius 3 is 2.74 bits per heavy atom. The monoisotopic (exact) mass is 261 g/mol. The van der Waals surface area contributed by atoms with Gasteiger partial charge in [-0.2, -0.15) is 0 Å². The SMILES string of the molecule is CC(C)CCNc1ccc(C(=O)NC2CC2)cc1N. The zero-order valence-electron chi connectivity index (χ0n) is 11.7. The van der Waals surface area contributed by atoms with Crippen molar-refractivity contribution in [3.8, 4) is 0 Å². The summed E-state index contributed by atoms with van der Waals surface area (Å²) >= 11 is 0. The summed E-state index contributed by atoms with van der Waals surface area (Å²) in [5, 5.41) is 6.27. The lowest BCUT2D eigenvalue weighted by Gasteiger charge is -2.12. The summed E-state index contributed by atoms with van der Waals surface area (Å²) in [4.78, 5) is 11.9. The standard InChI is InChI=1S/C15H23N3O/c1-10(2)7-8-17-14-6-3-11(9-13(14)16)15(19)18-12-4-5-12/h3,6,9-10,12,17H,4-5,7-8,16H2,1-2H3,(H,18,19). The van der Waals surface area contributed by atoms with Crippen molar-refractivity contribution in [2.75, 3.05) is 17.6 Å². The third-order valence-corrected chi connectivity index (χ3v) is 3.26. The van der Waals surface area contributed by atoms with Crippen molar-refractivity contribution in [1.82, 2.24) is 5.32 Å². The summed E-state index contributed by atoms with van der Waals surface area (Å²) in [5.41, 5.74) is 8.16. The second kappa shape index (κ2) is 5.95. The molecule has 0 spiro atoms. The Bertz CT molecular complexity index is 453. The Hall–Kier alpha value is -1.71. The summed E-state index contributed by atoms with van der Waals surface area (Å²) in [6.07, 6.45) is 3.29. The molecule has 4 nitrogen and oxygen atoms in total. The van der Waals surface area contributed by atoms with Gasteiger partial charge in [-0.3, -0.25) is 4.79 Å². The predicted molar refractivity (Wildman–Crippen MR) is 79.3 cm³/mol. The smallest absolute Gasteiger partial charge is 0.251 e. The Morgan fingerprint density at radius 1 is 1.42 bits per heavy atom. The second-order valence-electron chi connectivity index (χ2n) is 5.66. The summed E-state index contributed by atoms with van der Waals surface area (Å²) in [6, 6.07) is 5.83. The molecule has 1 aliphatic carbocycles. The topological polar surface area (TPSA) is 67.2 Å². The van der Waals surface area contributed by atoms with Gasteiger partial charge in [0.15, 0.2) is 0 Å². The normalized spacial score (nSPS) is 14.5. The molecule has 0 heterocycles. The van der Waals surface area contributed by atoms with Crippen LogP contribution in [0.2, 0.25) is 0 Å². The van der Waals surface area contributed by atoms with E-state index in [1.807, 2.05) is 12.1 Å². The van der Waals surface area contributed by atoms with Gasteiger partial charge in [-0.15, -0.1) is 0 Å². The minimum absolute atomic E-state index is 0.0251. The van der Waals surface area contributed by atoms with E-state index < -0.39 is 0 Å². The zero-order chi connectivity index (χ0) is 13.8. The van der Waals surface area contributed by atoms with Gasteiger partial charge in [0.2, 0.25) is 0 Å². The van der Waals surface area contributed by atoms with Crippen LogP contribution in [-0.2, 0) is 0 Å². The van der Waals surface area contributed by atoms with Crippen LogP contribution >= 0.6 is 0 Å². The first-order chi connectivity index (χ1) is 9.06. The minimum atomic E-state index is -0.0251. The molecule has 1 aliphatic rings. The summed E-state index contributed by atoms with van der Waals surface area (Å²) in [7, 11) is 0. The number of nitrogens with two attached hydrogens (primary N) is 1. The van der Waals surface area contributed by atoms with Gasteiger partial charge in [0.25, 0.3) is 5.91 Å². The maximum atomic E-state index is 11.9. The largest absolute Gasteiger partial charge is 0.397 e. The van der Waals surface area contributed by atoms with Gasteiger partial charge >= 0.3 is 0 Å². The van der Waals surface area contributed by atoms with E-state index in [4.69, 9.17) is 5.73 Å². The fourth-order valence-corrected chi connectivity index (χ4v) is 1.86. The Balaban J connectivity index is 1.93. The molecule has 0 saturated heterocycles. The quantitative estimate of drug-likeness (QED) is 0.690. The predicted octanol–water partition coefficient (Wildman–Crippen LogP) is 2.62. The van der Waals surface area contributed by atoms with Crippen molar-refractivity contribution in [2.45, 2.75) is 39.2 Å². The van der Waals surface area contributed by atoms with Crippen molar-refractivity contribution in [3.63, 3.8) is 0 Å². The van der Waals surface area contributed by atoms with Crippen molar-refractivity contribution in [1.29, 1.82) is 0 Å². The van der Waals surface area contributed by atoms with Crippen molar-refractivity contribution in [3.05, 3.63) is 23.8 Å². The Labute approximate surface area is 114 Å². The molecular formula is C15H23N3O. The highest BCUT2D eigenvalue weighted by Gasteiger charge is 2.23. The average molecular weight is 261 g/mol. The summed E-state index contributed by atoms with van der Waals surface area (Å²) < 4.78 is 0. The number of hydrogen-bond donors (Lipinski definition) is 3. The van der Waals surface area contributed by atoms with Crippen molar-refractivity contribution >= 4 is 17.3 Å². The zero-order valence-corrected chi connectivity index (χ0v) is 11.7.